The Morgan fingerprint density at radius 2 is 2.00 bits per heavy atom. The van der Waals surface area contributed by atoms with Gasteiger partial charge in [-0.05, 0) is 67.8 Å². The van der Waals surface area contributed by atoms with Crippen LogP contribution in [0, 0.1) is 13.8 Å². The molecule has 1 aliphatic rings. The molecule has 0 bridgehead atoms. The number of hydrogen-bond donors (Lipinski definition) is 1. The quantitative estimate of drug-likeness (QED) is 0.776. The number of methoxy groups -OCH3 is 1. The molecular formula is C20H20N2O2. The minimum absolute atomic E-state index is 0.0547. The van der Waals surface area contributed by atoms with Gasteiger partial charge >= 0.3 is 0 Å². The normalized spacial score (nSPS) is 13.4. The lowest BCUT2D eigenvalue weighted by Crippen LogP contribution is -2.28. The van der Waals surface area contributed by atoms with Crippen LogP contribution in [0.15, 0.2) is 36.4 Å². The third-order valence-corrected chi connectivity index (χ3v) is 4.98. The Morgan fingerprint density at radius 1 is 1.17 bits per heavy atom. The number of rotatable bonds is 2. The predicted molar refractivity (Wildman–Crippen MR) is 96.1 cm³/mol. The van der Waals surface area contributed by atoms with Crippen molar-refractivity contribution >= 4 is 22.5 Å². The molecule has 4 nitrogen and oxygen atoms in total. The van der Waals surface area contributed by atoms with E-state index in [2.05, 4.69) is 18.8 Å². The molecule has 0 unspecified atom stereocenters. The molecule has 0 saturated carbocycles. The Hall–Kier alpha value is -2.75. The highest BCUT2D eigenvalue weighted by Gasteiger charge is 2.26. The van der Waals surface area contributed by atoms with Crippen LogP contribution in [0.1, 0.15) is 27.2 Å². The Balaban J connectivity index is 1.72. The number of carbonyl (C=O) groups is 1. The Bertz CT molecular complexity index is 956. The van der Waals surface area contributed by atoms with Crippen molar-refractivity contribution in [2.75, 3.05) is 18.6 Å². The van der Waals surface area contributed by atoms with Gasteiger partial charge in [0.1, 0.15) is 5.75 Å². The summed E-state index contributed by atoms with van der Waals surface area (Å²) in [6.45, 7) is 4.85. The lowest BCUT2D eigenvalue weighted by Gasteiger charge is -2.17. The molecule has 1 aromatic heterocycles. The number of aryl methyl sites for hydroxylation is 2. The van der Waals surface area contributed by atoms with Crippen LogP contribution in [0.2, 0.25) is 0 Å². The first-order valence-electron chi connectivity index (χ1n) is 8.16. The highest BCUT2D eigenvalue weighted by Crippen LogP contribution is 2.33. The Kier molecular flexibility index (Phi) is 3.34. The number of nitrogens with zero attached hydrogens (tertiary/aromatic N) is 1. The van der Waals surface area contributed by atoms with Crippen LogP contribution in [-0.2, 0) is 6.42 Å². The van der Waals surface area contributed by atoms with E-state index in [-0.39, 0.29) is 5.91 Å². The van der Waals surface area contributed by atoms with E-state index in [4.69, 9.17) is 4.74 Å². The molecule has 0 atom stereocenters. The standard InChI is InChI=1S/C20H20N2O2/c1-12-13(2)21-18-6-4-15(11-17(12)18)20(23)22-9-8-14-10-16(24-3)5-7-19(14)22/h4-7,10-11,21H,8-9H2,1-3H3. The fourth-order valence-corrected chi connectivity index (χ4v) is 3.47. The molecule has 2 heterocycles. The van der Waals surface area contributed by atoms with Crippen molar-refractivity contribution in [1.82, 2.24) is 4.98 Å². The summed E-state index contributed by atoms with van der Waals surface area (Å²) in [5.41, 5.74) is 6.31. The number of hydrogen-bond acceptors (Lipinski definition) is 2. The number of fused-ring (bicyclic) bond motifs is 2. The molecule has 1 aliphatic heterocycles. The monoisotopic (exact) mass is 320 g/mol. The molecular weight excluding hydrogens is 300 g/mol. The summed E-state index contributed by atoms with van der Waals surface area (Å²) < 4.78 is 5.28. The van der Waals surface area contributed by atoms with Crippen LogP contribution in [-0.4, -0.2) is 24.5 Å². The van der Waals surface area contributed by atoms with Crippen molar-refractivity contribution in [3.8, 4) is 5.75 Å². The van der Waals surface area contributed by atoms with E-state index in [1.807, 2.05) is 41.3 Å². The van der Waals surface area contributed by atoms with Crippen LogP contribution in [0.3, 0.4) is 0 Å². The maximum absolute atomic E-state index is 13.0. The van der Waals surface area contributed by atoms with E-state index in [0.717, 1.165) is 45.6 Å². The number of anilines is 1. The zero-order valence-electron chi connectivity index (χ0n) is 14.1. The first-order valence-corrected chi connectivity index (χ1v) is 8.16. The molecule has 0 fully saturated rings. The lowest BCUT2D eigenvalue weighted by molar-refractivity contribution is 0.0989. The Labute approximate surface area is 141 Å². The highest BCUT2D eigenvalue weighted by molar-refractivity contribution is 6.09. The summed E-state index contributed by atoms with van der Waals surface area (Å²) in [5.74, 6) is 0.891. The third-order valence-electron chi connectivity index (χ3n) is 4.98. The second-order valence-electron chi connectivity index (χ2n) is 6.34. The van der Waals surface area contributed by atoms with Gasteiger partial charge in [0.2, 0.25) is 0 Å². The zero-order chi connectivity index (χ0) is 16.8. The number of amides is 1. The second kappa shape index (κ2) is 5.41. The third kappa shape index (κ3) is 2.18. The topological polar surface area (TPSA) is 45.3 Å². The molecule has 0 saturated heterocycles. The fraction of sp³-hybridized carbons (Fsp3) is 0.250. The van der Waals surface area contributed by atoms with E-state index in [0.29, 0.717) is 6.54 Å². The lowest BCUT2D eigenvalue weighted by atomic mass is 10.1. The fourth-order valence-electron chi connectivity index (χ4n) is 3.47. The van der Waals surface area contributed by atoms with Crippen LogP contribution < -0.4 is 9.64 Å². The van der Waals surface area contributed by atoms with Gasteiger partial charge in [0.05, 0.1) is 7.11 Å². The average molecular weight is 320 g/mol. The average Bonchev–Trinajstić information content (AvgIpc) is 3.15. The number of benzene rings is 2. The van der Waals surface area contributed by atoms with Crippen LogP contribution in [0.25, 0.3) is 10.9 Å². The number of H-pyrrole nitrogens is 1. The largest absolute Gasteiger partial charge is 0.497 e. The van der Waals surface area contributed by atoms with Gasteiger partial charge in [-0.25, -0.2) is 0 Å². The van der Waals surface area contributed by atoms with Crippen molar-refractivity contribution in [2.45, 2.75) is 20.3 Å². The van der Waals surface area contributed by atoms with Gasteiger partial charge in [-0.1, -0.05) is 0 Å². The van der Waals surface area contributed by atoms with Crippen molar-refractivity contribution in [2.24, 2.45) is 0 Å². The molecule has 122 valence electrons. The van der Waals surface area contributed by atoms with Gasteiger partial charge in [-0.15, -0.1) is 0 Å². The summed E-state index contributed by atoms with van der Waals surface area (Å²) in [5, 5.41) is 1.12. The maximum atomic E-state index is 13.0. The second-order valence-corrected chi connectivity index (χ2v) is 6.34. The highest BCUT2D eigenvalue weighted by atomic mass is 16.5. The van der Waals surface area contributed by atoms with Crippen molar-refractivity contribution < 1.29 is 9.53 Å². The van der Waals surface area contributed by atoms with Gasteiger partial charge < -0.3 is 14.6 Å². The zero-order valence-corrected chi connectivity index (χ0v) is 14.1. The summed E-state index contributed by atoms with van der Waals surface area (Å²) >= 11 is 0. The minimum atomic E-state index is 0.0547. The van der Waals surface area contributed by atoms with Crippen LogP contribution in [0.5, 0.6) is 5.75 Å². The first-order chi connectivity index (χ1) is 11.6. The molecule has 2 aromatic carbocycles. The molecule has 1 N–H and O–H groups in total. The molecule has 4 heteroatoms. The Morgan fingerprint density at radius 3 is 2.79 bits per heavy atom. The molecule has 0 radical (unpaired) electrons. The first kappa shape index (κ1) is 14.8. The summed E-state index contributed by atoms with van der Waals surface area (Å²) in [6, 6.07) is 11.8. The smallest absolute Gasteiger partial charge is 0.258 e. The van der Waals surface area contributed by atoms with Crippen molar-refractivity contribution in [3.63, 3.8) is 0 Å². The van der Waals surface area contributed by atoms with Gasteiger partial charge in [0, 0.05) is 34.4 Å². The van der Waals surface area contributed by atoms with Gasteiger partial charge in [-0.3, -0.25) is 4.79 Å². The van der Waals surface area contributed by atoms with Crippen molar-refractivity contribution in [3.05, 3.63) is 58.8 Å². The molecule has 0 spiro atoms. The number of aromatic amines is 1. The SMILES string of the molecule is COc1ccc2c(c1)CCN2C(=O)c1ccc2[nH]c(C)c(C)c2c1. The number of ether oxygens (including phenoxy) is 1. The van der Waals surface area contributed by atoms with Crippen molar-refractivity contribution in [1.29, 1.82) is 0 Å². The number of nitrogens with one attached hydrogen (secondary N) is 1. The number of aromatic nitrogens is 1. The summed E-state index contributed by atoms with van der Waals surface area (Å²) in [7, 11) is 1.66. The molecule has 1 amide bonds. The van der Waals surface area contributed by atoms with Crippen LogP contribution in [0.4, 0.5) is 5.69 Å². The van der Waals surface area contributed by atoms with E-state index in [1.165, 1.54) is 5.56 Å². The summed E-state index contributed by atoms with van der Waals surface area (Å²) in [4.78, 5) is 18.2. The van der Waals surface area contributed by atoms with Gasteiger partial charge in [0.15, 0.2) is 0 Å². The van der Waals surface area contributed by atoms with Crippen LogP contribution >= 0.6 is 0 Å². The predicted octanol–water partition coefficient (Wildman–Crippen LogP) is 4.00. The van der Waals surface area contributed by atoms with Gasteiger partial charge in [-0.2, -0.15) is 0 Å². The van der Waals surface area contributed by atoms with E-state index < -0.39 is 0 Å². The molecule has 24 heavy (non-hydrogen) atoms. The van der Waals surface area contributed by atoms with E-state index >= 15 is 0 Å². The molecule has 4 rings (SSSR count). The van der Waals surface area contributed by atoms with E-state index in [1.54, 1.807) is 7.11 Å². The van der Waals surface area contributed by atoms with E-state index in [9.17, 15) is 4.79 Å². The van der Waals surface area contributed by atoms with Gasteiger partial charge in [0.25, 0.3) is 5.91 Å². The number of carbonyl (C=O) groups excluding carboxylic acids is 1. The maximum Gasteiger partial charge on any atom is 0.258 e. The molecule has 0 aliphatic carbocycles. The minimum Gasteiger partial charge on any atom is -0.497 e. The molecule has 3 aromatic rings. The summed E-state index contributed by atoms with van der Waals surface area (Å²) in [6.07, 6.45) is 0.864.